The summed E-state index contributed by atoms with van der Waals surface area (Å²) in [4.78, 5) is 7.15. The lowest BCUT2D eigenvalue weighted by Crippen LogP contribution is -2.32. The van der Waals surface area contributed by atoms with Crippen molar-refractivity contribution in [3.8, 4) is 11.4 Å². The summed E-state index contributed by atoms with van der Waals surface area (Å²) in [5.41, 5.74) is 2.48. The molecule has 118 valence electrons. The standard InChI is InChI=1S/C18H26N4/c1-3-7-17-19-18(21-20-17)16-10-8-15(9-11-16)14(2)22-12-5-4-6-13-22/h8-11,14H,3-7,12-13H2,1-2H3,(H,19,20,21)/t14-/m1/s1. The summed E-state index contributed by atoms with van der Waals surface area (Å²) in [5.74, 6) is 1.78. The predicted octanol–water partition coefficient (Wildman–Crippen LogP) is 3.97. The van der Waals surface area contributed by atoms with E-state index in [1.165, 1.54) is 37.9 Å². The molecule has 1 aromatic carbocycles. The van der Waals surface area contributed by atoms with Crippen molar-refractivity contribution in [3.63, 3.8) is 0 Å². The second kappa shape index (κ2) is 7.05. The van der Waals surface area contributed by atoms with Gasteiger partial charge in [0.15, 0.2) is 5.82 Å². The van der Waals surface area contributed by atoms with E-state index in [9.17, 15) is 0 Å². The number of hydrogen-bond donors (Lipinski definition) is 1. The Kier molecular flexibility index (Phi) is 4.88. The van der Waals surface area contributed by atoms with Gasteiger partial charge in [-0.25, -0.2) is 4.98 Å². The van der Waals surface area contributed by atoms with Gasteiger partial charge in [0.25, 0.3) is 0 Å². The Morgan fingerprint density at radius 3 is 2.55 bits per heavy atom. The molecule has 1 N–H and O–H groups in total. The number of aromatic nitrogens is 3. The highest BCUT2D eigenvalue weighted by molar-refractivity contribution is 5.55. The van der Waals surface area contributed by atoms with Crippen LogP contribution in [0.5, 0.6) is 0 Å². The van der Waals surface area contributed by atoms with E-state index in [1.807, 2.05) is 0 Å². The third-order valence-electron chi connectivity index (χ3n) is 4.61. The molecular formula is C18H26N4. The number of hydrogen-bond acceptors (Lipinski definition) is 3. The summed E-state index contributed by atoms with van der Waals surface area (Å²) in [5, 5.41) is 7.35. The van der Waals surface area contributed by atoms with Crippen LogP contribution < -0.4 is 0 Å². The summed E-state index contributed by atoms with van der Waals surface area (Å²) in [7, 11) is 0. The van der Waals surface area contributed by atoms with Gasteiger partial charge in [0.1, 0.15) is 5.82 Å². The molecule has 0 saturated carbocycles. The van der Waals surface area contributed by atoms with Crippen molar-refractivity contribution in [1.29, 1.82) is 0 Å². The molecule has 1 atom stereocenters. The Morgan fingerprint density at radius 2 is 1.86 bits per heavy atom. The Balaban J connectivity index is 1.71. The second-order valence-corrected chi connectivity index (χ2v) is 6.25. The van der Waals surface area contributed by atoms with E-state index in [2.05, 4.69) is 58.2 Å². The van der Waals surface area contributed by atoms with Crippen LogP contribution in [-0.4, -0.2) is 33.2 Å². The molecule has 1 fully saturated rings. The van der Waals surface area contributed by atoms with Crippen LogP contribution >= 0.6 is 0 Å². The van der Waals surface area contributed by atoms with Gasteiger partial charge in [-0.05, 0) is 44.8 Å². The summed E-state index contributed by atoms with van der Waals surface area (Å²) in [6, 6.07) is 9.25. The number of aryl methyl sites for hydroxylation is 1. The molecule has 0 radical (unpaired) electrons. The van der Waals surface area contributed by atoms with Crippen LogP contribution in [0.1, 0.15) is 57.0 Å². The van der Waals surface area contributed by atoms with Crippen LogP contribution in [0.15, 0.2) is 24.3 Å². The second-order valence-electron chi connectivity index (χ2n) is 6.25. The average Bonchev–Trinajstić information content (AvgIpc) is 3.04. The lowest BCUT2D eigenvalue weighted by Gasteiger charge is -2.32. The molecule has 4 heteroatoms. The molecule has 1 aliphatic heterocycles. The lowest BCUT2D eigenvalue weighted by atomic mass is 10.0. The van der Waals surface area contributed by atoms with E-state index in [4.69, 9.17) is 0 Å². The monoisotopic (exact) mass is 298 g/mol. The van der Waals surface area contributed by atoms with Gasteiger partial charge >= 0.3 is 0 Å². The highest BCUT2D eigenvalue weighted by Crippen LogP contribution is 2.25. The van der Waals surface area contributed by atoms with Crippen molar-refractivity contribution < 1.29 is 0 Å². The van der Waals surface area contributed by atoms with Gasteiger partial charge in [-0.2, -0.15) is 5.10 Å². The first-order valence-corrected chi connectivity index (χ1v) is 8.53. The minimum absolute atomic E-state index is 0.497. The Bertz CT molecular complexity index is 581. The quantitative estimate of drug-likeness (QED) is 0.908. The molecule has 0 bridgehead atoms. The maximum Gasteiger partial charge on any atom is 0.181 e. The Labute approximate surface area is 133 Å². The largest absolute Gasteiger partial charge is 0.297 e. The fourth-order valence-electron chi connectivity index (χ4n) is 3.20. The van der Waals surface area contributed by atoms with E-state index in [-0.39, 0.29) is 0 Å². The van der Waals surface area contributed by atoms with Crippen LogP contribution in [0.25, 0.3) is 11.4 Å². The summed E-state index contributed by atoms with van der Waals surface area (Å²) in [6.07, 6.45) is 6.09. The minimum Gasteiger partial charge on any atom is -0.297 e. The molecule has 0 amide bonds. The maximum atomic E-state index is 4.56. The predicted molar refractivity (Wildman–Crippen MR) is 89.7 cm³/mol. The first-order chi connectivity index (χ1) is 10.8. The third-order valence-corrected chi connectivity index (χ3v) is 4.61. The van der Waals surface area contributed by atoms with Crippen molar-refractivity contribution in [2.45, 2.75) is 52.0 Å². The highest BCUT2D eigenvalue weighted by Gasteiger charge is 2.18. The van der Waals surface area contributed by atoms with E-state index in [0.717, 1.165) is 30.1 Å². The normalized spacial score (nSPS) is 17.5. The van der Waals surface area contributed by atoms with E-state index >= 15 is 0 Å². The molecule has 0 spiro atoms. The molecule has 22 heavy (non-hydrogen) atoms. The smallest absolute Gasteiger partial charge is 0.181 e. The summed E-state index contributed by atoms with van der Waals surface area (Å²) < 4.78 is 0. The molecule has 0 unspecified atom stereocenters. The van der Waals surface area contributed by atoms with Gasteiger partial charge in [0.2, 0.25) is 0 Å². The molecule has 3 rings (SSSR count). The molecule has 4 nitrogen and oxygen atoms in total. The SMILES string of the molecule is CCCc1nc(-c2ccc([C@@H](C)N3CCCCC3)cc2)n[nH]1. The molecular weight excluding hydrogens is 272 g/mol. The fourth-order valence-corrected chi connectivity index (χ4v) is 3.20. The van der Waals surface area contributed by atoms with Gasteiger partial charge in [0, 0.05) is 18.0 Å². The molecule has 1 saturated heterocycles. The third kappa shape index (κ3) is 3.38. The molecule has 1 aromatic heterocycles. The maximum absolute atomic E-state index is 4.56. The first-order valence-electron chi connectivity index (χ1n) is 8.53. The van der Waals surface area contributed by atoms with Crippen molar-refractivity contribution in [2.75, 3.05) is 13.1 Å². The number of aromatic amines is 1. The Hall–Kier alpha value is -1.68. The average molecular weight is 298 g/mol. The molecule has 2 aromatic rings. The lowest BCUT2D eigenvalue weighted by molar-refractivity contribution is 0.175. The minimum atomic E-state index is 0.497. The van der Waals surface area contributed by atoms with Crippen LogP contribution in [0, 0.1) is 0 Å². The zero-order valence-corrected chi connectivity index (χ0v) is 13.7. The first kappa shape index (κ1) is 15.2. The zero-order valence-electron chi connectivity index (χ0n) is 13.7. The number of piperidine rings is 1. The van der Waals surface area contributed by atoms with Gasteiger partial charge in [-0.3, -0.25) is 10.00 Å². The number of nitrogens with one attached hydrogen (secondary N) is 1. The summed E-state index contributed by atoms with van der Waals surface area (Å²) in [6.45, 7) is 6.92. The Morgan fingerprint density at radius 1 is 1.14 bits per heavy atom. The van der Waals surface area contributed by atoms with E-state index in [0.29, 0.717) is 6.04 Å². The van der Waals surface area contributed by atoms with Crippen LogP contribution in [0.4, 0.5) is 0 Å². The van der Waals surface area contributed by atoms with Crippen molar-refractivity contribution in [2.24, 2.45) is 0 Å². The van der Waals surface area contributed by atoms with Gasteiger partial charge in [-0.15, -0.1) is 0 Å². The van der Waals surface area contributed by atoms with E-state index in [1.54, 1.807) is 0 Å². The topological polar surface area (TPSA) is 44.8 Å². The van der Waals surface area contributed by atoms with Crippen molar-refractivity contribution in [3.05, 3.63) is 35.7 Å². The van der Waals surface area contributed by atoms with Gasteiger partial charge in [-0.1, -0.05) is 37.6 Å². The fraction of sp³-hybridized carbons (Fsp3) is 0.556. The zero-order chi connectivity index (χ0) is 15.4. The van der Waals surface area contributed by atoms with Crippen LogP contribution in [0.3, 0.4) is 0 Å². The number of likely N-dealkylation sites (tertiary alicyclic amines) is 1. The number of rotatable bonds is 5. The van der Waals surface area contributed by atoms with E-state index < -0.39 is 0 Å². The van der Waals surface area contributed by atoms with Crippen LogP contribution in [-0.2, 0) is 6.42 Å². The molecule has 1 aliphatic rings. The van der Waals surface area contributed by atoms with Gasteiger partial charge < -0.3 is 0 Å². The molecule has 2 heterocycles. The van der Waals surface area contributed by atoms with Crippen molar-refractivity contribution >= 4 is 0 Å². The van der Waals surface area contributed by atoms with Gasteiger partial charge in [0.05, 0.1) is 0 Å². The number of H-pyrrole nitrogens is 1. The number of nitrogens with zero attached hydrogens (tertiary/aromatic N) is 3. The summed E-state index contributed by atoms with van der Waals surface area (Å²) >= 11 is 0. The number of benzene rings is 1. The van der Waals surface area contributed by atoms with Crippen LogP contribution in [0.2, 0.25) is 0 Å². The highest BCUT2D eigenvalue weighted by atomic mass is 15.2. The molecule has 0 aliphatic carbocycles. The van der Waals surface area contributed by atoms with Crippen molar-refractivity contribution in [1.82, 2.24) is 20.1 Å².